The van der Waals surface area contributed by atoms with Gasteiger partial charge < -0.3 is 10.6 Å². The maximum Gasteiger partial charge on any atom is 0.191 e. The summed E-state index contributed by atoms with van der Waals surface area (Å²) in [6, 6.07) is 8.14. The van der Waals surface area contributed by atoms with E-state index < -0.39 is 0 Å². The van der Waals surface area contributed by atoms with Crippen LogP contribution >= 0.6 is 39.9 Å². The van der Waals surface area contributed by atoms with Crippen molar-refractivity contribution in [2.45, 2.75) is 20.4 Å². The number of hydrogen-bond acceptors (Lipinski definition) is 1. The summed E-state index contributed by atoms with van der Waals surface area (Å²) >= 11 is 3.51. The van der Waals surface area contributed by atoms with Gasteiger partial charge in [-0.1, -0.05) is 34.1 Å². The highest BCUT2D eigenvalue weighted by Gasteiger charge is 1.98. The molecular weight excluding hydrogens is 393 g/mol. The summed E-state index contributed by atoms with van der Waals surface area (Å²) in [6.45, 7) is 6.55. The van der Waals surface area contributed by atoms with Crippen LogP contribution in [0.25, 0.3) is 0 Å². The summed E-state index contributed by atoms with van der Waals surface area (Å²) < 4.78 is 1.10. The van der Waals surface area contributed by atoms with Crippen LogP contribution in [0.15, 0.2) is 33.7 Å². The Kier molecular flexibility index (Phi) is 9.53. The molecule has 0 aliphatic heterocycles. The lowest BCUT2D eigenvalue weighted by atomic mass is 10.2. The Morgan fingerprint density at radius 3 is 2.29 bits per heavy atom. The molecule has 0 saturated carbocycles. The van der Waals surface area contributed by atoms with Crippen molar-refractivity contribution in [3.63, 3.8) is 0 Å². The number of aliphatic imine (C=N–C) groups is 1. The Bertz CT molecular complexity index is 347. The molecule has 17 heavy (non-hydrogen) atoms. The number of nitrogens with one attached hydrogen (secondary N) is 2. The molecule has 0 atom stereocenters. The van der Waals surface area contributed by atoms with Gasteiger partial charge in [0.25, 0.3) is 0 Å². The number of nitrogens with zero attached hydrogens (tertiary/aromatic N) is 1. The van der Waals surface area contributed by atoms with Gasteiger partial charge in [0.05, 0.1) is 6.54 Å². The lowest BCUT2D eigenvalue weighted by molar-refractivity contribution is 0.839. The van der Waals surface area contributed by atoms with E-state index in [-0.39, 0.29) is 24.0 Å². The van der Waals surface area contributed by atoms with Gasteiger partial charge in [-0.15, -0.1) is 24.0 Å². The Labute approximate surface area is 129 Å². The molecule has 0 amide bonds. The highest BCUT2D eigenvalue weighted by Crippen LogP contribution is 2.16. The second-order valence-electron chi connectivity index (χ2n) is 3.32. The SMILES string of the molecule is CCNC(=NCc1ccccc1Br)NCC.I. The second-order valence-corrected chi connectivity index (χ2v) is 4.17. The number of benzene rings is 1. The number of hydrogen-bond donors (Lipinski definition) is 2. The summed E-state index contributed by atoms with van der Waals surface area (Å²) in [5, 5.41) is 6.39. The van der Waals surface area contributed by atoms with E-state index in [1.165, 1.54) is 5.56 Å². The number of rotatable bonds is 4. The Morgan fingerprint density at radius 1 is 1.18 bits per heavy atom. The topological polar surface area (TPSA) is 36.4 Å². The Hall–Kier alpha value is -0.300. The predicted molar refractivity (Wildman–Crippen MR) is 88.0 cm³/mol. The van der Waals surface area contributed by atoms with Crippen LogP contribution in [0.4, 0.5) is 0 Å². The van der Waals surface area contributed by atoms with E-state index in [9.17, 15) is 0 Å². The van der Waals surface area contributed by atoms with Gasteiger partial charge in [0.15, 0.2) is 5.96 Å². The lowest BCUT2D eigenvalue weighted by Gasteiger charge is -2.09. The molecule has 0 fully saturated rings. The monoisotopic (exact) mass is 411 g/mol. The fraction of sp³-hybridized carbons (Fsp3) is 0.417. The van der Waals surface area contributed by atoms with Gasteiger partial charge in [0, 0.05) is 17.6 Å². The molecule has 96 valence electrons. The molecule has 0 aliphatic rings. The largest absolute Gasteiger partial charge is 0.357 e. The minimum absolute atomic E-state index is 0. The molecule has 0 aliphatic carbocycles. The average Bonchev–Trinajstić information content (AvgIpc) is 2.28. The summed E-state index contributed by atoms with van der Waals surface area (Å²) in [6.07, 6.45) is 0. The molecular formula is C12H19BrIN3. The van der Waals surface area contributed by atoms with Gasteiger partial charge in [-0.2, -0.15) is 0 Å². The molecule has 0 spiro atoms. The molecule has 0 aromatic heterocycles. The molecule has 5 heteroatoms. The standard InChI is InChI=1S/C12H18BrN3.HI/c1-3-14-12(15-4-2)16-9-10-7-5-6-8-11(10)13;/h5-8H,3-4,9H2,1-2H3,(H2,14,15,16);1H. The predicted octanol–water partition coefficient (Wildman–Crippen LogP) is 3.14. The van der Waals surface area contributed by atoms with Crippen LogP contribution in [0, 0.1) is 0 Å². The fourth-order valence-corrected chi connectivity index (χ4v) is 1.71. The van der Waals surface area contributed by atoms with Crippen LogP contribution in [-0.2, 0) is 6.54 Å². The van der Waals surface area contributed by atoms with Crippen LogP contribution in [0.5, 0.6) is 0 Å². The fourth-order valence-electron chi connectivity index (χ4n) is 1.30. The first-order valence-electron chi connectivity index (χ1n) is 5.53. The Morgan fingerprint density at radius 2 is 1.76 bits per heavy atom. The van der Waals surface area contributed by atoms with Crippen LogP contribution in [-0.4, -0.2) is 19.0 Å². The van der Waals surface area contributed by atoms with Crippen LogP contribution in [0.2, 0.25) is 0 Å². The van der Waals surface area contributed by atoms with Gasteiger partial charge in [-0.05, 0) is 25.5 Å². The average molecular weight is 412 g/mol. The Balaban J connectivity index is 0.00000256. The molecule has 1 aromatic carbocycles. The van der Waals surface area contributed by atoms with Crippen LogP contribution < -0.4 is 10.6 Å². The van der Waals surface area contributed by atoms with E-state index in [2.05, 4.69) is 51.5 Å². The van der Waals surface area contributed by atoms with Crippen LogP contribution in [0.1, 0.15) is 19.4 Å². The molecule has 2 N–H and O–H groups in total. The van der Waals surface area contributed by atoms with E-state index in [1.807, 2.05) is 18.2 Å². The highest BCUT2D eigenvalue weighted by molar-refractivity contribution is 14.0. The molecule has 1 rings (SSSR count). The van der Waals surface area contributed by atoms with Gasteiger partial charge in [-0.25, -0.2) is 4.99 Å². The van der Waals surface area contributed by atoms with E-state index >= 15 is 0 Å². The van der Waals surface area contributed by atoms with E-state index in [4.69, 9.17) is 0 Å². The maximum atomic E-state index is 4.50. The third-order valence-corrected chi connectivity index (χ3v) is 2.83. The third kappa shape index (κ3) is 6.26. The van der Waals surface area contributed by atoms with E-state index in [0.717, 1.165) is 23.5 Å². The lowest BCUT2D eigenvalue weighted by Crippen LogP contribution is -2.36. The summed E-state index contributed by atoms with van der Waals surface area (Å²) in [4.78, 5) is 4.50. The molecule has 0 heterocycles. The van der Waals surface area contributed by atoms with Gasteiger partial charge >= 0.3 is 0 Å². The van der Waals surface area contributed by atoms with Crippen molar-refractivity contribution in [1.82, 2.24) is 10.6 Å². The zero-order valence-electron chi connectivity index (χ0n) is 10.2. The van der Waals surface area contributed by atoms with Crippen molar-refractivity contribution in [2.75, 3.05) is 13.1 Å². The van der Waals surface area contributed by atoms with Crippen molar-refractivity contribution in [3.8, 4) is 0 Å². The maximum absolute atomic E-state index is 4.50. The number of guanidine groups is 1. The van der Waals surface area contributed by atoms with Crippen molar-refractivity contribution in [1.29, 1.82) is 0 Å². The summed E-state index contributed by atoms with van der Waals surface area (Å²) in [5.41, 5.74) is 1.19. The zero-order valence-corrected chi connectivity index (χ0v) is 14.1. The number of halogens is 2. The van der Waals surface area contributed by atoms with Crippen molar-refractivity contribution in [2.24, 2.45) is 4.99 Å². The smallest absolute Gasteiger partial charge is 0.191 e. The van der Waals surface area contributed by atoms with Crippen molar-refractivity contribution >= 4 is 45.9 Å². The molecule has 0 saturated heterocycles. The molecule has 0 bridgehead atoms. The van der Waals surface area contributed by atoms with Crippen LogP contribution in [0.3, 0.4) is 0 Å². The molecule has 3 nitrogen and oxygen atoms in total. The summed E-state index contributed by atoms with van der Waals surface area (Å²) in [5.74, 6) is 0.862. The zero-order chi connectivity index (χ0) is 11.8. The first-order chi connectivity index (χ1) is 7.77. The normalized spacial score (nSPS) is 9.12. The van der Waals surface area contributed by atoms with Crippen molar-refractivity contribution in [3.05, 3.63) is 34.3 Å². The quantitative estimate of drug-likeness (QED) is 0.453. The second kappa shape index (κ2) is 9.70. The van der Waals surface area contributed by atoms with E-state index in [0.29, 0.717) is 6.54 Å². The van der Waals surface area contributed by atoms with E-state index in [1.54, 1.807) is 0 Å². The minimum atomic E-state index is 0. The minimum Gasteiger partial charge on any atom is -0.357 e. The van der Waals surface area contributed by atoms with Gasteiger partial charge in [0.1, 0.15) is 0 Å². The highest BCUT2D eigenvalue weighted by atomic mass is 127. The third-order valence-electron chi connectivity index (χ3n) is 2.05. The first kappa shape index (κ1) is 16.7. The summed E-state index contributed by atoms with van der Waals surface area (Å²) in [7, 11) is 0. The molecule has 0 radical (unpaired) electrons. The first-order valence-corrected chi connectivity index (χ1v) is 6.32. The molecule has 1 aromatic rings. The molecule has 0 unspecified atom stereocenters. The van der Waals surface area contributed by atoms with Gasteiger partial charge in [-0.3, -0.25) is 0 Å². The van der Waals surface area contributed by atoms with Gasteiger partial charge in [0.2, 0.25) is 0 Å². The van der Waals surface area contributed by atoms with Crippen molar-refractivity contribution < 1.29 is 0 Å².